The molecular weight excluding hydrogens is 142 g/mol. The molecular formula is C6H10F2O2. The van der Waals surface area contributed by atoms with Gasteiger partial charge in [-0.3, -0.25) is 13.6 Å². The van der Waals surface area contributed by atoms with Crippen LogP contribution >= 0.6 is 0 Å². The van der Waals surface area contributed by atoms with Crippen molar-refractivity contribution >= 4 is 5.97 Å². The molecule has 0 spiro atoms. The van der Waals surface area contributed by atoms with E-state index in [0.29, 0.717) is 0 Å². The summed E-state index contributed by atoms with van der Waals surface area (Å²) in [6, 6.07) is 0. The van der Waals surface area contributed by atoms with Crippen LogP contribution in [0.15, 0.2) is 0 Å². The first-order valence-electron chi connectivity index (χ1n) is 3.07. The molecule has 60 valence electrons. The van der Waals surface area contributed by atoms with Crippen LogP contribution in [-0.4, -0.2) is 24.4 Å². The van der Waals surface area contributed by atoms with Crippen LogP contribution in [0.4, 0.5) is 8.78 Å². The third kappa shape index (κ3) is 3.37. The molecule has 0 fully saturated rings. The highest BCUT2D eigenvalue weighted by Gasteiger charge is 2.15. The van der Waals surface area contributed by atoms with Crippen molar-refractivity contribution in [3.05, 3.63) is 0 Å². The van der Waals surface area contributed by atoms with Gasteiger partial charge in [0.05, 0.1) is 12.6 Å². The Morgan fingerprint density at radius 1 is 1.50 bits per heavy atom. The van der Waals surface area contributed by atoms with Gasteiger partial charge in [-0.15, -0.1) is 0 Å². The zero-order valence-electron chi connectivity index (χ0n) is 5.52. The van der Waals surface area contributed by atoms with E-state index in [0.717, 1.165) is 0 Å². The van der Waals surface area contributed by atoms with Gasteiger partial charge in [0.15, 0.2) is 0 Å². The Balaban J connectivity index is 3.50. The van der Waals surface area contributed by atoms with Crippen LogP contribution in [0.5, 0.6) is 0 Å². The van der Waals surface area contributed by atoms with Crippen molar-refractivity contribution in [3.8, 4) is 0 Å². The van der Waals surface area contributed by atoms with Gasteiger partial charge in [0.1, 0.15) is 6.67 Å². The quantitative estimate of drug-likeness (QED) is 0.646. The van der Waals surface area contributed by atoms with Crippen molar-refractivity contribution in [3.63, 3.8) is 0 Å². The van der Waals surface area contributed by atoms with E-state index in [1.165, 1.54) is 0 Å². The maximum absolute atomic E-state index is 11.7. The predicted octanol–water partition coefficient (Wildman–Crippen LogP) is 1.41. The summed E-state index contributed by atoms with van der Waals surface area (Å²) in [4.78, 5) is 10.1. The minimum absolute atomic E-state index is 0.0856. The lowest BCUT2D eigenvalue weighted by Crippen LogP contribution is -2.15. The molecule has 0 aromatic carbocycles. The summed E-state index contributed by atoms with van der Waals surface area (Å²) in [5.41, 5.74) is 0. The SMILES string of the molecule is O=C(O)C(CF)CCCF. The number of alkyl halides is 2. The lowest BCUT2D eigenvalue weighted by Gasteiger charge is -2.04. The number of carbonyl (C=O) groups is 1. The highest BCUT2D eigenvalue weighted by atomic mass is 19.1. The van der Waals surface area contributed by atoms with E-state index >= 15 is 0 Å². The van der Waals surface area contributed by atoms with Gasteiger partial charge < -0.3 is 5.11 Å². The topological polar surface area (TPSA) is 37.3 Å². The minimum atomic E-state index is -1.18. The van der Waals surface area contributed by atoms with Gasteiger partial charge in [0.2, 0.25) is 0 Å². The standard InChI is InChI=1S/C6H10F2O2/c7-3-1-2-5(4-8)6(9)10/h5H,1-4H2,(H,9,10). The fraction of sp³-hybridized carbons (Fsp3) is 0.833. The van der Waals surface area contributed by atoms with Gasteiger partial charge >= 0.3 is 5.97 Å². The number of aliphatic carboxylic acids is 1. The van der Waals surface area contributed by atoms with Gasteiger partial charge in [-0.25, -0.2) is 0 Å². The lowest BCUT2D eigenvalue weighted by molar-refractivity contribution is -0.142. The highest BCUT2D eigenvalue weighted by Crippen LogP contribution is 2.07. The van der Waals surface area contributed by atoms with Crippen molar-refractivity contribution in [2.24, 2.45) is 5.92 Å². The first-order valence-corrected chi connectivity index (χ1v) is 3.07. The number of hydrogen-bond acceptors (Lipinski definition) is 1. The van der Waals surface area contributed by atoms with Crippen molar-refractivity contribution in [2.75, 3.05) is 13.3 Å². The number of rotatable bonds is 5. The Morgan fingerprint density at radius 2 is 2.10 bits per heavy atom. The molecule has 0 bridgehead atoms. The zero-order chi connectivity index (χ0) is 7.98. The molecule has 0 aliphatic rings. The minimum Gasteiger partial charge on any atom is -0.481 e. The van der Waals surface area contributed by atoms with Crippen molar-refractivity contribution in [2.45, 2.75) is 12.8 Å². The largest absolute Gasteiger partial charge is 0.481 e. The molecule has 4 heteroatoms. The second kappa shape index (κ2) is 5.14. The Kier molecular flexibility index (Phi) is 4.80. The van der Waals surface area contributed by atoms with Crippen LogP contribution in [0.1, 0.15) is 12.8 Å². The zero-order valence-corrected chi connectivity index (χ0v) is 5.52. The molecule has 0 aliphatic carbocycles. The second-order valence-electron chi connectivity index (χ2n) is 2.02. The Labute approximate surface area is 57.9 Å². The van der Waals surface area contributed by atoms with Crippen molar-refractivity contribution in [1.82, 2.24) is 0 Å². The number of carboxylic acids is 1. The molecule has 0 amide bonds. The fourth-order valence-electron chi connectivity index (χ4n) is 0.590. The van der Waals surface area contributed by atoms with Crippen LogP contribution in [0.3, 0.4) is 0 Å². The molecule has 0 saturated carbocycles. The molecule has 0 rings (SSSR count). The Bertz CT molecular complexity index is 106. The molecule has 1 N–H and O–H groups in total. The number of halogens is 2. The Hall–Kier alpha value is -0.670. The molecule has 0 aromatic heterocycles. The summed E-state index contributed by atoms with van der Waals surface area (Å²) in [6.07, 6.45) is 0.212. The monoisotopic (exact) mass is 152 g/mol. The summed E-state index contributed by atoms with van der Waals surface area (Å²) in [5, 5.41) is 8.24. The van der Waals surface area contributed by atoms with Crippen molar-refractivity contribution in [1.29, 1.82) is 0 Å². The molecule has 1 atom stereocenters. The molecule has 10 heavy (non-hydrogen) atoms. The van der Waals surface area contributed by atoms with E-state index in [1.807, 2.05) is 0 Å². The third-order valence-electron chi connectivity index (χ3n) is 1.22. The van der Waals surface area contributed by atoms with Gasteiger partial charge in [-0.05, 0) is 12.8 Å². The van der Waals surface area contributed by atoms with Crippen LogP contribution in [-0.2, 0) is 4.79 Å². The van der Waals surface area contributed by atoms with Crippen LogP contribution in [0.25, 0.3) is 0 Å². The van der Waals surface area contributed by atoms with Crippen molar-refractivity contribution < 1.29 is 18.7 Å². The first-order chi connectivity index (χ1) is 4.72. The molecule has 0 heterocycles. The normalized spacial score (nSPS) is 13.0. The van der Waals surface area contributed by atoms with Gasteiger partial charge in [0.25, 0.3) is 0 Å². The van der Waals surface area contributed by atoms with Crippen LogP contribution in [0.2, 0.25) is 0 Å². The summed E-state index contributed by atoms with van der Waals surface area (Å²) in [6.45, 7) is -1.49. The van der Waals surface area contributed by atoms with Gasteiger partial charge in [-0.2, -0.15) is 0 Å². The van der Waals surface area contributed by atoms with E-state index < -0.39 is 25.2 Å². The number of hydrogen-bond donors (Lipinski definition) is 1. The highest BCUT2D eigenvalue weighted by molar-refractivity contribution is 5.69. The summed E-state index contributed by atoms with van der Waals surface area (Å²) >= 11 is 0. The van der Waals surface area contributed by atoms with E-state index in [-0.39, 0.29) is 12.8 Å². The molecule has 2 nitrogen and oxygen atoms in total. The predicted molar refractivity (Wildman–Crippen MR) is 32.3 cm³/mol. The average Bonchev–Trinajstić information content (AvgIpc) is 1.89. The van der Waals surface area contributed by atoms with Crippen LogP contribution < -0.4 is 0 Å². The van der Waals surface area contributed by atoms with E-state index in [1.54, 1.807) is 0 Å². The summed E-state index contributed by atoms with van der Waals surface area (Å²) in [5.74, 6) is -2.20. The second-order valence-corrected chi connectivity index (χ2v) is 2.02. The maximum atomic E-state index is 11.7. The Morgan fingerprint density at radius 3 is 2.40 bits per heavy atom. The molecule has 0 saturated heterocycles. The smallest absolute Gasteiger partial charge is 0.309 e. The van der Waals surface area contributed by atoms with E-state index in [2.05, 4.69) is 0 Å². The molecule has 0 aromatic rings. The molecule has 0 radical (unpaired) electrons. The first kappa shape index (κ1) is 9.33. The van der Waals surface area contributed by atoms with Gasteiger partial charge in [-0.1, -0.05) is 0 Å². The molecule has 0 aliphatic heterocycles. The van der Waals surface area contributed by atoms with E-state index in [9.17, 15) is 13.6 Å². The van der Waals surface area contributed by atoms with Crippen LogP contribution in [0, 0.1) is 5.92 Å². The van der Waals surface area contributed by atoms with E-state index in [4.69, 9.17) is 5.11 Å². The summed E-state index contributed by atoms with van der Waals surface area (Å²) in [7, 11) is 0. The molecule has 1 unspecified atom stereocenters. The lowest BCUT2D eigenvalue weighted by atomic mass is 10.1. The fourth-order valence-corrected chi connectivity index (χ4v) is 0.590. The summed E-state index contributed by atoms with van der Waals surface area (Å²) < 4.78 is 23.2. The number of carboxylic acid groups (broad SMARTS) is 1. The average molecular weight is 152 g/mol. The van der Waals surface area contributed by atoms with Gasteiger partial charge in [0, 0.05) is 0 Å². The maximum Gasteiger partial charge on any atom is 0.309 e. The third-order valence-corrected chi connectivity index (χ3v) is 1.22.